The van der Waals surface area contributed by atoms with Crippen LogP contribution in [0.1, 0.15) is 20.7 Å². The van der Waals surface area contributed by atoms with Gasteiger partial charge in [0.2, 0.25) is 0 Å². The number of benzene rings is 1. The van der Waals surface area contributed by atoms with E-state index >= 15 is 0 Å². The third kappa shape index (κ3) is 1.36. The summed E-state index contributed by atoms with van der Waals surface area (Å²) in [5.74, 6) is -0.239. The summed E-state index contributed by atoms with van der Waals surface area (Å²) in [4.78, 5) is 22.8. The van der Waals surface area contributed by atoms with Crippen molar-refractivity contribution < 1.29 is 9.59 Å². The molecule has 70 valence electrons. The molecule has 3 nitrogen and oxygen atoms in total. The molecule has 0 spiro atoms. The topological polar surface area (TPSA) is 46.2 Å². The van der Waals surface area contributed by atoms with Crippen molar-refractivity contribution in [2.45, 2.75) is 0 Å². The number of rotatable bonds is 1. The second-order valence-corrected chi connectivity index (χ2v) is 3.26. The van der Waals surface area contributed by atoms with Gasteiger partial charge in [0.25, 0.3) is 0 Å². The highest BCUT2D eigenvalue weighted by Gasteiger charge is 2.18. The first-order valence-corrected chi connectivity index (χ1v) is 4.67. The van der Waals surface area contributed by atoms with Gasteiger partial charge in [-0.2, -0.15) is 0 Å². The van der Waals surface area contributed by atoms with Gasteiger partial charge >= 0.3 is 0 Å². The first kappa shape index (κ1) is 9.10. The van der Waals surface area contributed by atoms with E-state index in [1.807, 2.05) is 0 Å². The van der Waals surface area contributed by atoms with Crippen LogP contribution in [0.4, 0.5) is 5.69 Å². The fraction of sp³-hybridized carbons (Fsp3) is 0. The van der Waals surface area contributed by atoms with Gasteiger partial charge in [-0.05, 0) is 39.7 Å². The number of hydrogen-bond acceptors (Lipinski definition) is 3. The normalized spacial score (nSPS) is 14.1. The minimum atomic E-state index is -0.123. The van der Waals surface area contributed by atoms with Crippen LogP contribution in [0.5, 0.6) is 0 Å². The zero-order valence-electron chi connectivity index (χ0n) is 7.28. The highest BCUT2D eigenvalue weighted by atomic mass is 31.0. The lowest BCUT2D eigenvalue weighted by Crippen LogP contribution is -2.11. The summed E-state index contributed by atoms with van der Waals surface area (Å²) < 4.78 is 0. The first-order valence-electron chi connectivity index (χ1n) is 4.10. The molecule has 1 N–H and O–H groups in total. The predicted molar refractivity (Wildman–Crippen MR) is 57.6 cm³/mol. The molecule has 1 aliphatic rings. The lowest BCUT2D eigenvalue weighted by molar-refractivity contribution is 0.0994. The SMILES string of the molecule is O=C1C=CC(=O)c2cc(NP)ccc21. The van der Waals surface area contributed by atoms with Gasteiger partial charge < -0.3 is 5.09 Å². The number of ketones is 2. The molecule has 1 aromatic rings. The van der Waals surface area contributed by atoms with Crippen LogP contribution in [0.15, 0.2) is 30.4 Å². The number of allylic oxidation sites excluding steroid dienone is 2. The van der Waals surface area contributed by atoms with Crippen molar-refractivity contribution in [2.24, 2.45) is 0 Å². The molecule has 1 aromatic carbocycles. The third-order valence-electron chi connectivity index (χ3n) is 2.10. The summed E-state index contributed by atoms with van der Waals surface area (Å²) in [5, 5.41) is 2.84. The molecule has 0 radical (unpaired) electrons. The maximum atomic E-state index is 11.4. The summed E-state index contributed by atoms with van der Waals surface area (Å²) in [5.41, 5.74) is 1.73. The number of hydrogen-bond donors (Lipinski definition) is 1. The third-order valence-corrected chi connectivity index (χ3v) is 2.44. The molecule has 0 aromatic heterocycles. The Bertz CT molecular complexity index is 451. The van der Waals surface area contributed by atoms with Gasteiger partial charge in [0.1, 0.15) is 0 Å². The molecule has 2 rings (SSSR count). The van der Waals surface area contributed by atoms with Gasteiger partial charge in [-0.25, -0.2) is 0 Å². The Kier molecular flexibility index (Phi) is 2.18. The second kappa shape index (κ2) is 3.35. The number of carbonyl (C=O) groups excluding carboxylic acids is 2. The van der Waals surface area contributed by atoms with Crippen LogP contribution >= 0.6 is 9.39 Å². The Balaban J connectivity index is 2.61. The van der Waals surface area contributed by atoms with Crippen molar-refractivity contribution in [3.05, 3.63) is 41.5 Å². The van der Waals surface area contributed by atoms with Crippen molar-refractivity contribution in [3.63, 3.8) is 0 Å². The van der Waals surface area contributed by atoms with Gasteiger partial charge in [-0.15, -0.1) is 0 Å². The Morgan fingerprint density at radius 2 is 1.64 bits per heavy atom. The Hall–Kier alpha value is -1.47. The molecule has 0 aliphatic heterocycles. The van der Waals surface area contributed by atoms with Gasteiger partial charge in [-0.1, -0.05) is 0 Å². The van der Waals surface area contributed by atoms with E-state index in [1.54, 1.807) is 18.2 Å². The van der Waals surface area contributed by atoms with Crippen LogP contribution in [0.2, 0.25) is 0 Å². The molecular formula is C10H8NO2P. The fourth-order valence-electron chi connectivity index (χ4n) is 1.38. The lowest BCUT2D eigenvalue weighted by Gasteiger charge is -2.10. The molecule has 14 heavy (non-hydrogen) atoms. The molecule has 0 amide bonds. The molecule has 4 heteroatoms. The number of anilines is 1. The average molecular weight is 205 g/mol. The minimum absolute atomic E-state index is 0.116. The minimum Gasteiger partial charge on any atom is -0.369 e. The molecule has 0 heterocycles. The Morgan fingerprint density at radius 1 is 1.00 bits per heavy atom. The van der Waals surface area contributed by atoms with Crippen molar-refractivity contribution in [1.82, 2.24) is 0 Å². The first-order chi connectivity index (χ1) is 6.72. The smallest absolute Gasteiger partial charge is 0.186 e. The summed E-state index contributed by atoms with van der Waals surface area (Å²) >= 11 is 0. The zero-order chi connectivity index (χ0) is 10.1. The van der Waals surface area contributed by atoms with Crippen LogP contribution in [0, 0.1) is 0 Å². The van der Waals surface area contributed by atoms with E-state index in [0.29, 0.717) is 11.1 Å². The van der Waals surface area contributed by atoms with E-state index in [1.165, 1.54) is 12.2 Å². The van der Waals surface area contributed by atoms with Gasteiger partial charge in [0, 0.05) is 16.8 Å². The van der Waals surface area contributed by atoms with E-state index < -0.39 is 0 Å². The Labute approximate surface area is 83.5 Å². The summed E-state index contributed by atoms with van der Waals surface area (Å²) in [6.45, 7) is 0. The average Bonchev–Trinajstić information content (AvgIpc) is 2.23. The fourth-order valence-corrected chi connectivity index (χ4v) is 1.56. The van der Waals surface area contributed by atoms with Crippen LogP contribution in [-0.4, -0.2) is 11.6 Å². The van der Waals surface area contributed by atoms with E-state index in [2.05, 4.69) is 14.5 Å². The van der Waals surface area contributed by atoms with Crippen LogP contribution in [0.25, 0.3) is 0 Å². The summed E-state index contributed by atoms with van der Waals surface area (Å²) in [7, 11) is 2.34. The predicted octanol–water partition coefficient (Wildman–Crippen LogP) is 1.82. The van der Waals surface area contributed by atoms with Crippen molar-refractivity contribution in [1.29, 1.82) is 0 Å². The quantitative estimate of drug-likeness (QED) is 0.711. The standard InChI is InChI=1S/C10H8NO2P/c12-9-3-4-10(13)8-5-6(11-14)1-2-7(8)9/h1-5,11H,14H2. The van der Waals surface area contributed by atoms with E-state index in [0.717, 1.165) is 5.69 Å². The van der Waals surface area contributed by atoms with E-state index in [4.69, 9.17) is 0 Å². The number of nitrogens with one attached hydrogen (secondary N) is 1. The molecular weight excluding hydrogens is 197 g/mol. The molecule has 1 unspecified atom stereocenters. The van der Waals surface area contributed by atoms with Gasteiger partial charge in [0.15, 0.2) is 11.6 Å². The van der Waals surface area contributed by atoms with Crippen molar-refractivity contribution in [2.75, 3.05) is 5.09 Å². The van der Waals surface area contributed by atoms with Crippen LogP contribution < -0.4 is 5.09 Å². The molecule has 0 saturated carbocycles. The van der Waals surface area contributed by atoms with Crippen LogP contribution in [-0.2, 0) is 0 Å². The van der Waals surface area contributed by atoms with Crippen molar-refractivity contribution >= 4 is 26.6 Å². The molecule has 0 bridgehead atoms. The lowest BCUT2D eigenvalue weighted by atomic mass is 9.94. The highest BCUT2D eigenvalue weighted by molar-refractivity contribution is 7.18. The number of carbonyl (C=O) groups is 2. The maximum absolute atomic E-state index is 11.4. The summed E-state index contributed by atoms with van der Waals surface area (Å²) in [6.07, 6.45) is 2.61. The largest absolute Gasteiger partial charge is 0.369 e. The molecule has 1 aliphatic carbocycles. The maximum Gasteiger partial charge on any atom is 0.186 e. The number of fused-ring (bicyclic) bond motifs is 1. The monoisotopic (exact) mass is 205 g/mol. The second-order valence-electron chi connectivity index (χ2n) is 2.97. The zero-order valence-corrected chi connectivity index (χ0v) is 8.44. The molecule has 1 atom stereocenters. The summed E-state index contributed by atoms with van der Waals surface area (Å²) in [6, 6.07) is 5.09. The highest BCUT2D eigenvalue weighted by Crippen LogP contribution is 2.21. The van der Waals surface area contributed by atoms with Gasteiger partial charge in [-0.3, -0.25) is 9.59 Å². The Morgan fingerprint density at radius 3 is 2.29 bits per heavy atom. The molecule has 0 saturated heterocycles. The van der Waals surface area contributed by atoms with Gasteiger partial charge in [0.05, 0.1) is 0 Å². The molecule has 0 fully saturated rings. The van der Waals surface area contributed by atoms with Crippen molar-refractivity contribution in [3.8, 4) is 0 Å². The van der Waals surface area contributed by atoms with E-state index in [9.17, 15) is 9.59 Å². The van der Waals surface area contributed by atoms with E-state index in [-0.39, 0.29) is 11.6 Å². The van der Waals surface area contributed by atoms with Crippen LogP contribution in [0.3, 0.4) is 0 Å².